The standard InChI is InChI=1S/C23H25N7O3.C20H21N7O4.C20H21N7O3.C17H17N7O.C15H13N7/c31-12-18-17(32)11-19(33-18)30-13-25-20-21(29-8-1-2-9-29)27-23(28-22(20)30)26-15-5-6-16-14(10-15)4-3-7-24-16;1-21-17-14-18(27(9-23-14)19-16(30)15(29)13(8-28)31-19)26-20(25-17)24-11-4-5-12-10(7-11)3-2-6-22-12;1-21-18-17-19(27(10-23-17)16-8-14(29)15(9-28)30-16)26-20(25-18)24-12-4-5-13-11(7-12)3-2-6-22-13;1-10(8-25)21-16-14-15(20-9-19-14)23-17(24-16)22-12-4-5-13-11(7-12)3-2-6-18-13;1-16-13-12-14(19-8-18-12)22-15(21-13)20-10-4-5-11-9(7-10)3-2-6-17-11/h3-7,10,13,17-19,31-32H,1-2,8-9,11-12H2,(H,26,27,28);2-7,9,13,15-16,19,28-30H,8H2,1H3,(H2,21,24,25,26);2-7,10,14-16,28-29H,8-9H2,1H3,(H2,21,24,25,26);2-7,9-10,25H,8H2,1H3,(H3,19,20,21,22,23,24);2-8H,1H3,(H3,16,18,19,20,21,22). The maximum Gasteiger partial charge on any atom is 0.231 e. The quantitative estimate of drug-likeness (QED) is 0.0283. The molecule has 19 N–H and O–H groups in total. The maximum absolute atomic E-state index is 10.4. The average molecular weight is 1910 g/mol. The number of anilines is 15. The van der Waals surface area contributed by atoms with Crippen molar-refractivity contribution in [3.05, 3.63) is 214 Å². The minimum atomic E-state index is -1.24. The van der Waals surface area contributed by atoms with Crippen LogP contribution in [0, 0.1) is 0 Å². The van der Waals surface area contributed by atoms with E-state index in [1.165, 1.54) is 10.9 Å². The molecule has 5 aromatic carbocycles. The number of H-pyrrole nitrogens is 2. The Balaban J connectivity index is 0.000000109. The third-order valence-corrected chi connectivity index (χ3v) is 24.1. The van der Waals surface area contributed by atoms with Crippen LogP contribution < -0.4 is 52.8 Å². The molecule has 0 aliphatic carbocycles. The highest BCUT2D eigenvalue weighted by molar-refractivity contribution is 5.93. The van der Waals surface area contributed by atoms with Gasteiger partial charge in [-0.2, -0.15) is 49.8 Å². The molecule has 11 unspecified atom stereocenters. The molecule has 0 spiro atoms. The number of aliphatic hydroxyl groups is 8. The molecular weight excluding hydrogens is 1810 g/mol. The summed E-state index contributed by atoms with van der Waals surface area (Å²) in [6, 6.07) is 48.6. The Morgan fingerprint density at radius 3 is 1.11 bits per heavy atom. The van der Waals surface area contributed by atoms with Crippen molar-refractivity contribution >= 4 is 198 Å². The Labute approximate surface area is 799 Å². The van der Waals surface area contributed by atoms with Crippen LogP contribution in [-0.2, 0) is 14.2 Å². The molecule has 4 saturated heterocycles. The smallest absolute Gasteiger partial charge is 0.231 e. The van der Waals surface area contributed by atoms with Gasteiger partial charge in [0, 0.05) is 139 Å². The number of fused-ring (bicyclic) bond motifs is 10. The third kappa shape index (κ3) is 19.8. The summed E-state index contributed by atoms with van der Waals surface area (Å²) in [6.45, 7) is 2.82. The van der Waals surface area contributed by atoms with E-state index in [1.807, 2.05) is 170 Å². The average Bonchev–Trinajstić information content (AvgIpc) is 1.65. The summed E-state index contributed by atoms with van der Waals surface area (Å²) in [5.74, 6) is 5.23. The Morgan fingerprint density at radius 1 is 0.376 bits per heavy atom. The van der Waals surface area contributed by atoms with Crippen LogP contribution in [0.15, 0.2) is 214 Å². The number of imidazole rings is 5. The molecule has 718 valence electrons. The Kier molecular flexibility index (Phi) is 26.8. The number of nitrogens with one attached hydrogen (secondary N) is 11. The van der Waals surface area contributed by atoms with E-state index in [0.29, 0.717) is 116 Å². The maximum atomic E-state index is 10.4. The van der Waals surface area contributed by atoms with Crippen LogP contribution in [0.2, 0.25) is 0 Å². The fourth-order valence-electron chi connectivity index (χ4n) is 17.0. The zero-order valence-electron chi connectivity index (χ0n) is 76.2. The van der Waals surface area contributed by atoms with Gasteiger partial charge in [0.05, 0.1) is 97.9 Å². The predicted octanol–water partition coefficient (Wildman–Crippen LogP) is 10.1. The van der Waals surface area contributed by atoms with Crippen molar-refractivity contribution in [1.82, 2.24) is 123 Å². The van der Waals surface area contributed by atoms with Gasteiger partial charge in [-0.15, -0.1) is 0 Å². The predicted molar refractivity (Wildman–Crippen MR) is 531 cm³/mol. The van der Waals surface area contributed by atoms with E-state index in [2.05, 4.69) is 152 Å². The highest BCUT2D eigenvalue weighted by atomic mass is 16.6. The number of rotatable bonds is 23. The molecule has 15 aromatic heterocycles. The zero-order valence-corrected chi connectivity index (χ0v) is 76.2. The van der Waals surface area contributed by atoms with Gasteiger partial charge in [0.1, 0.15) is 54.0 Å². The molecule has 20 aromatic rings. The van der Waals surface area contributed by atoms with E-state index in [0.717, 1.165) is 120 Å². The fraction of sp³-hybridized carbons (Fsp3) is 0.263. The molecule has 46 heteroatoms. The van der Waals surface area contributed by atoms with E-state index >= 15 is 0 Å². The number of aromatic nitrogens is 25. The van der Waals surface area contributed by atoms with E-state index < -0.39 is 68.0 Å². The van der Waals surface area contributed by atoms with E-state index in [4.69, 9.17) is 24.2 Å². The number of nitrogens with zero attached hydrogens (tertiary/aromatic N) is 24. The van der Waals surface area contributed by atoms with Crippen molar-refractivity contribution in [2.24, 2.45) is 0 Å². The van der Waals surface area contributed by atoms with Gasteiger partial charge in [-0.25, -0.2) is 24.9 Å². The van der Waals surface area contributed by atoms with Gasteiger partial charge in [0.2, 0.25) is 29.7 Å². The van der Waals surface area contributed by atoms with E-state index in [1.54, 1.807) is 75.0 Å². The number of pyridine rings is 5. The molecule has 0 bridgehead atoms. The first kappa shape index (κ1) is 92.2. The van der Waals surface area contributed by atoms with Gasteiger partial charge >= 0.3 is 0 Å². The zero-order chi connectivity index (χ0) is 96.7. The monoisotopic (exact) mass is 1900 g/mol. The Morgan fingerprint density at radius 2 is 0.730 bits per heavy atom. The Bertz CT molecular complexity index is 7870. The van der Waals surface area contributed by atoms with E-state index in [-0.39, 0.29) is 25.9 Å². The van der Waals surface area contributed by atoms with Crippen molar-refractivity contribution in [3.8, 4) is 0 Å². The van der Waals surface area contributed by atoms with Gasteiger partial charge in [0.15, 0.2) is 80.1 Å². The van der Waals surface area contributed by atoms with Crippen molar-refractivity contribution in [1.29, 1.82) is 0 Å². The summed E-state index contributed by atoms with van der Waals surface area (Å²) in [6.07, 6.45) is 11.7. The second kappa shape index (κ2) is 41.0. The summed E-state index contributed by atoms with van der Waals surface area (Å²) in [4.78, 5) is 97.2. The minimum absolute atomic E-state index is 0.0000693. The normalized spacial score (nSPS) is 19.0. The SMILES string of the molecule is CC(CO)Nc1nc(Nc2ccc3ncccc3c2)nc2nc[nH]c12.CNc1nc(Nc2ccc3ncccc3c2)nc2c1ncn2C1CC(O)C(CO)O1.CNc1nc(Nc2ccc3ncccc3c2)nc2c1ncn2C1OC(CO)C(O)C1O.CNc1nc(Nc2ccc3ncccc3c2)nc2nc[nH]c12.OCC1OC(n2cnc3c(N4CCCC4)nc(Nc4ccc5ncccc5c4)nc32)CC1O. The van der Waals surface area contributed by atoms with Crippen LogP contribution in [0.25, 0.3) is 110 Å². The third-order valence-electron chi connectivity index (χ3n) is 24.1. The number of benzene rings is 5. The van der Waals surface area contributed by atoms with Gasteiger partial charge in [-0.05, 0) is 141 Å². The van der Waals surface area contributed by atoms with Gasteiger partial charge in [0.25, 0.3) is 0 Å². The van der Waals surface area contributed by atoms with Crippen LogP contribution in [0.3, 0.4) is 0 Å². The van der Waals surface area contributed by atoms with Crippen molar-refractivity contribution in [2.45, 2.75) is 100 Å². The van der Waals surface area contributed by atoms with Gasteiger partial charge in [-0.3, -0.25) is 38.6 Å². The lowest BCUT2D eigenvalue weighted by molar-refractivity contribution is -0.0511. The number of ether oxygens (including phenoxy) is 3. The lowest BCUT2D eigenvalue weighted by atomic mass is 10.1. The summed E-state index contributed by atoms with van der Waals surface area (Å²) in [5, 5.41) is 112. The first-order valence-electron chi connectivity index (χ1n) is 45.4. The first-order valence-corrected chi connectivity index (χ1v) is 45.4. The van der Waals surface area contributed by atoms with Crippen LogP contribution in [0.1, 0.15) is 51.3 Å². The molecule has 11 atom stereocenters. The molecule has 141 heavy (non-hydrogen) atoms. The first-order chi connectivity index (χ1) is 69.0. The lowest BCUT2D eigenvalue weighted by Gasteiger charge is -2.19. The fourth-order valence-corrected chi connectivity index (χ4v) is 17.0. The molecule has 0 amide bonds. The summed E-state index contributed by atoms with van der Waals surface area (Å²) >= 11 is 0. The molecule has 46 nitrogen and oxygen atoms in total. The second-order valence-electron chi connectivity index (χ2n) is 33.4. The number of hydrogen-bond donors (Lipinski definition) is 19. The molecule has 24 rings (SSSR count). The summed E-state index contributed by atoms with van der Waals surface area (Å²) < 4.78 is 22.4. The van der Waals surface area contributed by atoms with Gasteiger partial charge < -0.3 is 118 Å². The van der Waals surface area contributed by atoms with Gasteiger partial charge in [-0.1, -0.05) is 30.3 Å². The van der Waals surface area contributed by atoms with Crippen molar-refractivity contribution in [3.63, 3.8) is 0 Å². The molecule has 19 heterocycles. The highest BCUT2D eigenvalue weighted by Gasteiger charge is 2.45. The topological polar surface area (TPSA) is 605 Å². The van der Waals surface area contributed by atoms with Crippen LogP contribution in [0.4, 0.5) is 87.3 Å². The molecule has 0 radical (unpaired) electrons. The van der Waals surface area contributed by atoms with Crippen molar-refractivity contribution in [2.75, 3.05) is 113 Å². The second-order valence-corrected chi connectivity index (χ2v) is 33.4. The Hall–Kier alpha value is -16.5. The minimum Gasteiger partial charge on any atom is -0.394 e. The summed E-state index contributed by atoms with van der Waals surface area (Å²) in [7, 11) is 5.30. The summed E-state index contributed by atoms with van der Waals surface area (Å²) in [5.41, 5.74) is 14.8. The van der Waals surface area contributed by atoms with Crippen molar-refractivity contribution < 1.29 is 55.1 Å². The van der Waals surface area contributed by atoms with Crippen LogP contribution in [-0.4, -0.2) is 274 Å². The lowest BCUT2D eigenvalue weighted by Crippen LogP contribution is -2.33. The van der Waals surface area contributed by atoms with Crippen LogP contribution >= 0.6 is 0 Å². The molecule has 4 fully saturated rings. The number of aromatic amines is 2. The number of aliphatic hydroxyl groups excluding tert-OH is 8. The molecule has 4 aliphatic rings. The number of hydrogen-bond acceptors (Lipinski definition) is 41. The molecule has 4 aliphatic heterocycles. The highest BCUT2D eigenvalue weighted by Crippen LogP contribution is 2.40. The van der Waals surface area contributed by atoms with Crippen LogP contribution in [0.5, 0.6) is 0 Å². The molecular formula is C95H97N35O11. The molecule has 0 saturated carbocycles. The van der Waals surface area contributed by atoms with E-state index in [9.17, 15) is 40.9 Å². The largest absolute Gasteiger partial charge is 0.394 e.